The molecule has 5 rings (SSSR count). The molecule has 0 unspecified atom stereocenters. The third-order valence-corrected chi connectivity index (χ3v) is 10.9. The lowest BCUT2D eigenvalue weighted by Crippen LogP contribution is -2.53. The Morgan fingerprint density at radius 2 is 1.78 bits per heavy atom. The molecule has 2 nitrogen and oxygen atoms in total. The molecule has 3 heteroatoms. The van der Waals surface area contributed by atoms with Gasteiger partial charge in [0.25, 0.3) is 0 Å². The Hall–Kier alpha value is -0.830. The molecular weight excluding hydrogens is 416 g/mol. The van der Waals surface area contributed by atoms with Crippen molar-refractivity contribution < 1.29 is 10.2 Å². The van der Waals surface area contributed by atoms with Gasteiger partial charge in [0.15, 0.2) is 0 Å². The SMILES string of the molecule is C[C@]12CC[C@H]3[C@@H](CC=C4C[C@@H](O)CC[C@@]43C)[C@@H]1CC[C@@H]2[C@@](C)(O)CCc1ccc(Cl)cc1. The number of halogens is 1. The molecule has 0 radical (unpaired) electrons. The average molecular weight is 457 g/mol. The first kappa shape index (κ1) is 22.9. The molecule has 8 atom stereocenters. The summed E-state index contributed by atoms with van der Waals surface area (Å²) in [6.07, 6.45) is 13.2. The van der Waals surface area contributed by atoms with E-state index in [1.54, 1.807) is 5.57 Å². The van der Waals surface area contributed by atoms with Crippen LogP contribution in [0.4, 0.5) is 0 Å². The van der Waals surface area contributed by atoms with Gasteiger partial charge in [-0.3, -0.25) is 0 Å². The van der Waals surface area contributed by atoms with E-state index in [9.17, 15) is 10.2 Å². The second-order valence-electron chi connectivity index (χ2n) is 12.3. The molecule has 0 bridgehead atoms. The molecule has 0 saturated heterocycles. The van der Waals surface area contributed by atoms with Crippen molar-refractivity contribution in [2.45, 2.75) is 96.7 Å². The zero-order valence-corrected chi connectivity index (χ0v) is 20.9. The molecule has 0 amide bonds. The van der Waals surface area contributed by atoms with Crippen LogP contribution in [0.5, 0.6) is 0 Å². The molecule has 0 aromatic heterocycles. The highest BCUT2D eigenvalue weighted by molar-refractivity contribution is 6.30. The molecule has 1 aromatic carbocycles. The molecular formula is C29H41ClO2. The van der Waals surface area contributed by atoms with E-state index in [1.807, 2.05) is 12.1 Å². The summed E-state index contributed by atoms with van der Waals surface area (Å²) in [5, 5.41) is 22.7. The third-order valence-electron chi connectivity index (χ3n) is 10.7. The highest BCUT2D eigenvalue weighted by atomic mass is 35.5. The van der Waals surface area contributed by atoms with E-state index in [0.717, 1.165) is 61.3 Å². The van der Waals surface area contributed by atoms with Crippen LogP contribution in [0.1, 0.15) is 84.1 Å². The van der Waals surface area contributed by atoms with Crippen molar-refractivity contribution in [3.8, 4) is 0 Å². The number of hydrogen-bond donors (Lipinski definition) is 2. The summed E-state index contributed by atoms with van der Waals surface area (Å²) in [6, 6.07) is 8.10. The lowest BCUT2D eigenvalue weighted by Gasteiger charge is -2.59. The van der Waals surface area contributed by atoms with Crippen molar-refractivity contribution >= 4 is 11.6 Å². The second kappa shape index (κ2) is 8.14. The molecule has 3 saturated carbocycles. The standard InChI is InChI=1S/C29H41ClO2/c1-27-15-13-22(31)18-20(27)6-9-23-24-10-11-26(28(24,2)16-14-25(23)27)29(3,32)17-12-19-4-7-21(30)8-5-19/h4-8,22-26,31-32H,9-18H2,1-3H3/t22-,23-,24-,25-,26-,27-,28-,29-/m0/s1. The lowest BCUT2D eigenvalue weighted by atomic mass is 9.46. The van der Waals surface area contributed by atoms with Gasteiger partial charge in [0.05, 0.1) is 11.7 Å². The van der Waals surface area contributed by atoms with Gasteiger partial charge in [-0.15, -0.1) is 0 Å². The quantitative estimate of drug-likeness (QED) is 0.480. The fraction of sp³-hybridized carbons (Fsp3) is 0.724. The van der Waals surface area contributed by atoms with Gasteiger partial charge in [0, 0.05) is 5.02 Å². The van der Waals surface area contributed by atoms with Crippen molar-refractivity contribution in [1.29, 1.82) is 0 Å². The van der Waals surface area contributed by atoms with Crippen LogP contribution in [0, 0.1) is 34.5 Å². The summed E-state index contributed by atoms with van der Waals surface area (Å²) in [5.41, 5.74) is 2.70. The number of benzene rings is 1. The van der Waals surface area contributed by atoms with Gasteiger partial charge >= 0.3 is 0 Å². The molecule has 0 aliphatic heterocycles. The van der Waals surface area contributed by atoms with Crippen molar-refractivity contribution in [3.63, 3.8) is 0 Å². The van der Waals surface area contributed by atoms with Crippen molar-refractivity contribution in [2.75, 3.05) is 0 Å². The van der Waals surface area contributed by atoms with E-state index in [1.165, 1.54) is 31.2 Å². The number of aliphatic hydroxyl groups is 2. The minimum atomic E-state index is -0.634. The van der Waals surface area contributed by atoms with Crippen molar-refractivity contribution in [1.82, 2.24) is 0 Å². The van der Waals surface area contributed by atoms with E-state index >= 15 is 0 Å². The maximum Gasteiger partial charge on any atom is 0.0656 e. The smallest absolute Gasteiger partial charge is 0.0656 e. The highest BCUT2D eigenvalue weighted by Crippen LogP contribution is 2.67. The molecule has 176 valence electrons. The van der Waals surface area contributed by atoms with Crippen LogP contribution in [-0.4, -0.2) is 21.9 Å². The number of allylic oxidation sites excluding steroid dienone is 1. The predicted molar refractivity (Wildman–Crippen MR) is 132 cm³/mol. The first-order chi connectivity index (χ1) is 15.1. The summed E-state index contributed by atoms with van der Waals surface area (Å²) in [6.45, 7) is 7.11. The molecule has 32 heavy (non-hydrogen) atoms. The highest BCUT2D eigenvalue weighted by Gasteiger charge is 2.61. The van der Waals surface area contributed by atoms with Gasteiger partial charge in [0.2, 0.25) is 0 Å². The van der Waals surface area contributed by atoms with Crippen LogP contribution in [0.2, 0.25) is 5.02 Å². The fourth-order valence-corrected chi connectivity index (χ4v) is 9.01. The normalized spacial score (nSPS) is 42.9. The Morgan fingerprint density at radius 3 is 2.53 bits per heavy atom. The molecule has 4 aliphatic rings. The summed E-state index contributed by atoms with van der Waals surface area (Å²) in [4.78, 5) is 0. The Balaban J connectivity index is 1.34. The van der Waals surface area contributed by atoms with E-state index in [2.05, 4.69) is 39.0 Å². The van der Waals surface area contributed by atoms with Crippen molar-refractivity contribution in [2.24, 2.45) is 34.5 Å². The van der Waals surface area contributed by atoms with Gasteiger partial charge < -0.3 is 10.2 Å². The van der Waals surface area contributed by atoms with Gasteiger partial charge in [-0.2, -0.15) is 0 Å². The van der Waals surface area contributed by atoms with Gasteiger partial charge in [-0.1, -0.05) is 49.2 Å². The number of fused-ring (bicyclic) bond motifs is 5. The Kier molecular flexibility index (Phi) is 5.83. The number of hydrogen-bond acceptors (Lipinski definition) is 2. The van der Waals surface area contributed by atoms with Crippen LogP contribution in [-0.2, 0) is 6.42 Å². The topological polar surface area (TPSA) is 40.5 Å². The fourth-order valence-electron chi connectivity index (χ4n) is 8.89. The number of aryl methyl sites for hydroxylation is 1. The van der Waals surface area contributed by atoms with E-state index < -0.39 is 5.60 Å². The number of rotatable bonds is 4. The van der Waals surface area contributed by atoms with Crippen LogP contribution in [0.3, 0.4) is 0 Å². The number of aliphatic hydroxyl groups excluding tert-OH is 1. The van der Waals surface area contributed by atoms with E-state index in [-0.39, 0.29) is 11.5 Å². The Morgan fingerprint density at radius 1 is 1.03 bits per heavy atom. The van der Waals surface area contributed by atoms with Gasteiger partial charge in [-0.25, -0.2) is 0 Å². The van der Waals surface area contributed by atoms with Crippen LogP contribution in [0.25, 0.3) is 0 Å². The predicted octanol–water partition coefficient (Wildman–Crippen LogP) is 6.96. The monoisotopic (exact) mass is 456 g/mol. The minimum Gasteiger partial charge on any atom is -0.393 e. The summed E-state index contributed by atoms with van der Waals surface area (Å²) in [5.74, 6) is 2.59. The summed E-state index contributed by atoms with van der Waals surface area (Å²) >= 11 is 6.05. The minimum absolute atomic E-state index is 0.133. The molecule has 2 N–H and O–H groups in total. The van der Waals surface area contributed by atoms with Gasteiger partial charge in [-0.05, 0) is 123 Å². The molecule has 1 aromatic rings. The Labute approximate surface area is 199 Å². The van der Waals surface area contributed by atoms with Gasteiger partial charge in [0.1, 0.15) is 0 Å². The first-order valence-corrected chi connectivity index (χ1v) is 13.4. The van der Waals surface area contributed by atoms with E-state index in [0.29, 0.717) is 11.3 Å². The largest absolute Gasteiger partial charge is 0.393 e. The maximum atomic E-state index is 11.7. The average Bonchev–Trinajstić information content (AvgIpc) is 3.12. The summed E-state index contributed by atoms with van der Waals surface area (Å²) < 4.78 is 0. The zero-order chi connectivity index (χ0) is 22.7. The lowest BCUT2D eigenvalue weighted by molar-refractivity contribution is -0.104. The first-order valence-electron chi connectivity index (χ1n) is 13.0. The van der Waals surface area contributed by atoms with Crippen LogP contribution >= 0.6 is 11.6 Å². The molecule has 0 spiro atoms. The molecule has 4 aliphatic carbocycles. The Bertz CT molecular complexity index is 874. The third kappa shape index (κ3) is 3.69. The van der Waals surface area contributed by atoms with E-state index in [4.69, 9.17) is 11.6 Å². The molecule has 0 heterocycles. The zero-order valence-electron chi connectivity index (χ0n) is 20.1. The van der Waals surface area contributed by atoms with Crippen molar-refractivity contribution in [3.05, 3.63) is 46.5 Å². The summed E-state index contributed by atoms with van der Waals surface area (Å²) in [7, 11) is 0. The maximum absolute atomic E-state index is 11.7. The molecule has 3 fully saturated rings. The second-order valence-corrected chi connectivity index (χ2v) is 12.8. The van der Waals surface area contributed by atoms with Crippen LogP contribution < -0.4 is 0 Å². The van der Waals surface area contributed by atoms with Crippen LogP contribution in [0.15, 0.2) is 35.9 Å².